The molecular weight excluding hydrogens is 294 g/mol. The van der Waals surface area contributed by atoms with Crippen LogP contribution in [0.1, 0.15) is 27.7 Å². The van der Waals surface area contributed by atoms with Gasteiger partial charge in [-0.3, -0.25) is 4.90 Å². The van der Waals surface area contributed by atoms with Crippen LogP contribution in [0.25, 0.3) is 0 Å². The number of hydrogen-bond donors (Lipinski definition) is 1. The Kier molecular flexibility index (Phi) is 5.88. The smallest absolute Gasteiger partial charge is 0.237 e. The molecule has 18 heavy (non-hydrogen) atoms. The van der Waals surface area contributed by atoms with Gasteiger partial charge in [-0.25, -0.2) is 4.98 Å². The molecule has 102 valence electrons. The van der Waals surface area contributed by atoms with E-state index in [4.69, 9.17) is 10.5 Å². The van der Waals surface area contributed by atoms with Crippen LogP contribution in [0.5, 0.6) is 5.88 Å². The van der Waals surface area contributed by atoms with Crippen molar-refractivity contribution in [2.24, 2.45) is 0 Å². The van der Waals surface area contributed by atoms with E-state index in [0.29, 0.717) is 30.3 Å². The molecule has 0 saturated carbocycles. The van der Waals surface area contributed by atoms with Gasteiger partial charge in [0, 0.05) is 29.3 Å². The minimum atomic E-state index is 0.504. The highest BCUT2D eigenvalue weighted by atomic mass is 79.9. The Hall–Kier alpha value is -0.810. The molecular formula is C13H22BrN3O. The first-order chi connectivity index (χ1) is 8.41. The summed E-state index contributed by atoms with van der Waals surface area (Å²) in [7, 11) is 0. The number of halogens is 1. The van der Waals surface area contributed by atoms with Crippen molar-refractivity contribution in [2.45, 2.75) is 39.8 Å². The fourth-order valence-electron chi connectivity index (χ4n) is 1.92. The van der Waals surface area contributed by atoms with Crippen LogP contribution in [0, 0.1) is 0 Å². The molecule has 1 heterocycles. The van der Waals surface area contributed by atoms with Crippen molar-refractivity contribution in [3.63, 3.8) is 0 Å². The van der Waals surface area contributed by atoms with Crippen molar-refractivity contribution >= 4 is 21.6 Å². The predicted molar refractivity (Wildman–Crippen MR) is 78.8 cm³/mol. The topological polar surface area (TPSA) is 51.4 Å². The number of nitrogens with two attached hydrogens (primary N) is 1. The summed E-state index contributed by atoms with van der Waals surface area (Å²) >= 11 is 3.32. The summed E-state index contributed by atoms with van der Waals surface area (Å²) in [6.07, 6.45) is 1.69. The van der Waals surface area contributed by atoms with E-state index >= 15 is 0 Å². The molecule has 0 unspecified atom stereocenters. The first-order valence-electron chi connectivity index (χ1n) is 6.21. The normalized spacial score (nSPS) is 11.6. The number of pyridine rings is 1. The second-order valence-corrected chi connectivity index (χ2v) is 5.74. The van der Waals surface area contributed by atoms with Crippen molar-refractivity contribution in [3.8, 4) is 5.88 Å². The average molecular weight is 316 g/mol. The maximum atomic E-state index is 5.83. The zero-order chi connectivity index (χ0) is 13.7. The van der Waals surface area contributed by atoms with Gasteiger partial charge in [0.15, 0.2) is 0 Å². The van der Waals surface area contributed by atoms with Crippen LogP contribution in [-0.4, -0.2) is 35.1 Å². The number of aromatic nitrogens is 1. The minimum Gasteiger partial charge on any atom is -0.475 e. The molecule has 0 bridgehead atoms. The van der Waals surface area contributed by atoms with E-state index in [9.17, 15) is 0 Å². The van der Waals surface area contributed by atoms with Crippen molar-refractivity contribution in [1.29, 1.82) is 0 Å². The zero-order valence-electron chi connectivity index (χ0n) is 11.5. The van der Waals surface area contributed by atoms with Gasteiger partial charge in [0.25, 0.3) is 0 Å². The Labute approximate surface area is 118 Å². The van der Waals surface area contributed by atoms with Crippen LogP contribution in [-0.2, 0) is 0 Å². The second kappa shape index (κ2) is 6.95. The predicted octanol–water partition coefficient (Wildman–Crippen LogP) is 2.92. The van der Waals surface area contributed by atoms with E-state index in [1.165, 1.54) is 0 Å². The van der Waals surface area contributed by atoms with Crippen molar-refractivity contribution in [1.82, 2.24) is 9.88 Å². The van der Waals surface area contributed by atoms with E-state index in [2.05, 4.69) is 53.5 Å². The Morgan fingerprint density at radius 1 is 1.33 bits per heavy atom. The van der Waals surface area contributed by atoms with Gasteiger partial charge in [-0.15, -0.1) is 0 Å². The van der Waals surface area contributed by atoms with Crippen LogP contribution in [0.3, 0.4) is 0 Å². The molecule has 0 aromatic carbocycles. The van der Waals surface area contributed by atoms with Gasteiger partial charge >= 0.3 is 0 Å². The summed E-state index contributed by atoms with van der Waals surface area (Å²) in [4.78, 5) is 6.52. The number of rotatable bonds is 6. The number of anilines is 1. The molecule has 0 amide bonds. The second-order valence-electron chi connectivity index (χ2n) is 4.82. The Morgan fingerprint density at radius 2 is 1.94 bits per heavy atom. The lowest BCUT2D eigenvalue weighted by atomic mass is 10.2. The minimum absolute atomic E-state index is 0.504. The average Bonchev–Trinajstić information content (AvgIpc) is 2.25. The monoisotopic (exact) mass is 315 g/mol. The molecule has 0 fully saturated rings. The maximum absolute atomic E-state index is 5.83. The van der Waals surface area contributed by atoms with Gasteiger partial charge in [-0.1, -0.05) is 0 Å². The Balaban J connectivity index is 2.50. The standard InChI is InChI=1S/C13H22BrN3O/c1-9(2)17(10(3)4)5-6-18-13-12(15)7-11(14)8-16-13/h7-10H,5-6,15H2,1-4H3. The number of hydrogen-bond acceptors (Lipinski definition) is 4. The molecule has 0 aliphatic carbocycles. The van der Waals surface area contributed by atoms with Crippen molar-refractivity contribution in [2.75, 3.05) is 18.9 Å². The van der Waals surface area contributed by atoms with Gasteiger partial charge in [0.1, 0.15) is 6.61 Å². The van der Waals surface area contributed by atoms with E-state index in [-0.39, 0.29) is 0 Å². The third-order valence-electron chi connectivity index (χ3n) is 2.76. The number of nitrogen functional groups attached to an aromatic ring is 1. The van der Waals surface area contributed by atoms with Crippen LogP contribution >= 0.6 is 15.9 Å². The summed E-state index contributed by atoms with van der Waals surface area (Å²) in [5, 5.41) is 0. The van der Waals surface area contributed by atoms with Gasteiger partial charge < -0.3 is 10.5 Å². The molecule has 0 spiro atoms. The van der Waals surface area contributed by atoms with Crippen LogP contribution in [0.2, 0.25) is 0 Å². The third-order valence-corrected chi connectivity index (χ3v) is 3.19. The quantitative estimate of drug-likeness (QED) is 0.877. The fourth-order valence-corrected chi connectivity index (χ4v) is 2.27. The summed E-state index contributed by atoms with van der Waals surface area (Å²) < 4.78 is 6.48. The fraction of sp³-hybridized carbons (Fsp3) is 0.615. The molecule has 1 aromatic heterocycles. The first-order valence-corrected chi connectivity index (χ1v) is 7.00. The highest BCUT2D eigenvalue weighted by molar-refractivity contribution is 9.10. The van der Waals surface area contributed by atoms with Gasteiger partial charge in [0.05, 0.1) is 5.69 Å². The van der Waals surface area contributed by atoms with Gasteiger partial charge in [-0.2, -0.15) is 0 Å². The molecule has 5 heteroatoms. The van der Waals surface area contributed by atoms with E-state index in [0.717, 1.165) is 11.0 Å². The lowest BCUT2D eigenvalue weighted by Gasteiger charge is -2.30. The molecule has 0 saturated heterocycles. The lowest BCUT2D eigenvalue weighted by molar-refractivity contribution is 0.140. The highest BCUT2D eigenvalue weighted by Gasteiger charge is 2.13. The SMILES string of the molecule is CC(C)N(CCOc1ncc(Br)cc1N)C(C)C. The number of ether oxygens (including phenoxy) is 1. The van der Waals surface area contributed by atoms with E-state index < -0.39 is 0 Å². The molecule has 1 rings (SSSR count). The summed E-state index contributed by atoms with van der Waals surface area (Å²) in [6, 6.07) is 2.80. The van der Waals surface area contributed by atoms with Crippen molar-refractivity contribution < 1.29 is 4.74 Å². The highest BCUT2D eigenvalue weighted by Crippen LogP contribution is 2.21. The van der Waals surface area contributed by atoms with E-state index in [1.807, 2.05) is 0 Å². The van der Waals surface area contributed by atoms with Gasteiger partial charge in [-0.05, 0) is 49.7 Å². The summed E-state index contributed by atoms with van der Waals surface area (Å²) in [6.45, 7) is 10.2. The molecule has 4 nitrogen and oxygen atoms in total. The lowest BCUT2D eigenvalue weighted by Crippen LogP contribution is -2.39. The molecule has 1 aromatic rings. The molecule has 0 atom stereocenters. The summed E-state index contributed by atoms with van der Waals surface area (Å²) in [5.41, 5.74) is 6.39. The van der Waals surface area contributed by atoms with Crippen LogP contribution in [0.4, 0.5) is 5.69 Å². The zero-order valence-corrected chi connectivity index (χ0v) is 13.1. The van der Waals surface area contributed by atoms with Crippen molar-refractivity contribution in [3.05, 3.63) is 16.7 Å². The third kappa shape index (κ3) is 4.46. The Morgan fingerprint density at radius 3 is 2.44 bits per heavy atom. The molecule has 0 aliphatic heterocycles. The van der Waals surface area contributed by atoms with E-state index in [1.54, 1.807) is 12.3 Å². The van der Waals surface area contributed by atoms with Crippen LogP contribution < -0.4 is 10.5 Å². The molecule has 2 N–H and O–H groups in total. The largest absolute Gasteiger partial charge is 0.475 e. The molecule has 0 radical (unpaired) electrons. The summed E-state index contributed by atoms with van der Waals surface area (Å²) in [5.74, 6) is 0.505. The number of nitrogens with zero attached hydrogens (tertiary/aromatic N) is 2. The van der Waals surface area contributed by atoms with Crippen LogP contribution in [0.15, 0.2) is 16.7 Å². The Bertz CT molecular complexity index is 374. The first kappa shape index (κ1) is 15.2. The van der Waals surface area contributed by atoms with Gasteiger partial charge in [0.2, 0.25) is 5.88 Å². The maximum Gasteiger partial charge on any atom is 0.237 e. The molecule has 0 aliphatic rings.